The normalized spacial score (nSPS) is 17.2. The zero-order valence-corrected chi connectivity index (χ0v) is 23.5. The molecule has 1 amide bonds. The molecule has 0 radical (unpaired) electrons. The lowest BCUT2D eigenvalue weighted by molar-refractivity contribution is -0.117. The predicted molar refractivity (Wildman–Crippen MR) is 153 cm³/mol. The molecule has 41 heavy (non-hydrogen) atoms. The van der Waals surface area contributed by atoms with E-state index in [0.29, 0.717) is 51.4 Å². The van der Waals surface area contributed by atoms with Gasteiger partial charge in [0.05, 0.1) is 45.8 Å². The molecule has 2 fully saturated rings. The lowest BCUT2D eigenvalue weighted by Gasteiger charge is -2.41. The summed E-state index contributed by atoms with van der Waals surface area (Å²) in [4.78, 5) is 37.3. The van der Waals surface area contributed by atoms with E-state index in [1.165, 1.54) is 6.07 Å². The van der Waals surface area contributed by atoms with Gasteiger partial charge in [-0.1, -0.05) is 0 Å². The van der Waals surface area contributed by atoms with Crippen LogP contribution in [0.3, 0.4) is 0 Å². The Bertz CT molecular complexity index is 1770. The van der Waals surface area contributed by atoms with Gasteiger partial charge in [-0.2, -0.15) is 0 Å². The molecule has 3 aliphatic rings. The minimum Gasteiger partial charge on any atom is -0.490 e. The monoisotopic (exact) mass is 560 g/mol. The summed E-state index contributed by atoms with van der Waals surface area (Å²) in [5.74, 6) is -0.0132. The molecule has 4 heterocycles. The topological polar surface area (TPSA) is 104 Å². The van der Waals surface area contributed by atoms with Gasteiger partial charge in [0.2, 0.25) is 11.8 Å². The van der Waals surface area contributed by atoms with Gasteiger partial charge in [0.15, 0.2) is 0 Å². The molecule has 10 nitrogen and oxygen atoms in total. The number of aromatic nitrogens is 4. The van der Waals surface area contributed by atoms with E-state index in [9.17, 15) is 9.59 Å². The second kappa shape index (κ2) is 9.54. The fraction of sp³-hybridized carbons (Fsp3) is 0.467. The highest BCUT2D eigenvalue weighted by molar-refractivity contribution is 6.09. The van der Waals surface area contributed by atoms with Gasteiger partial charge in [-0.15, -0.1) is 0 Å². The Balaban J connectivity index is 1.38. The highest BCUT2D eigenvalue weighted by atomic mass is 19.1. The van der Waals surface area contributed by atoms with Crippen LogP contribution in [-0.4, -0.2) is 63.8 Å². The second-order valence-electron chi connectivity index (χ2n) is 11.8. The number of carbonyl (C=O) groups is 1. The van der Waals surface area contributed by atoms with Crippen molar-refractivity contribution in [3.63, 3.8) is 0 Å². The Kier molecular flexibility index (Phi) is 6.04. The largest absolute Gasteiger partial charge is 0.490 e. The summed E-state index contributed by atoms with van der Waals surface area (Å²) in [7, 11) is 5.73. The van der Waals surface area contributed by atoms with E-state index in [4.69, 9.17) is 9.47 Å². The van der Waals surface area contributed by atoms with Gasteiger partial charge in [-0.3, -0.25) is 18.9 Å². The van der Waals surface area contributed by atoms with Crippen LogP contribution in [0.25, 0.3) is 33.1 Å². The number of benzene rings is 1. The smallest absolute Gasteiger partial charge is 0.329 e. The maximum Gasteiger partial charge on any atom is 0.329 e. The highest BCUT2D eigenvalue weighted by Crippen LogP contribution is 2.49. The fourth-order valence-corrected chi connectivity index (χ4v) is 6.09. The summed E-state index contributed by atoms with van der Waals surface area (Å²) in [6.07, 6.45) is 8.26. The van der Waals surface area contributed by atoms with Gasteiger partial charge in [-0.25, -0.2) is 14.2 Å². The maximum atomic E-state index is 16.0. The first-order valence-corrected chi connectivity index (χ1v) is 14.2. The Hall–Kier alpha value is -3.99. The van der Waals surface area contributed by atoms with E-state index >= 15 is 4.39 Å². The molecule has 214 valence electrons. The van der Waals surface area contributed by atoms with Crippen LogP contribution in [-0.2, 0) is 17.4 Å². The van der Waals surface area contributed by atoms with E-state index in [0.717, 1.165) is 45.1 Å². The quantitative estimate of drug-likeness (QED) is 0.325. The zero-order chi connectivity index (χ0) is 28.5. The van der Waals surface area contributed by atoms with Crippen LogP contribution in [0.1, 0.15) is 38.5 Å². The summed E-state index contributed by atoms with van der Waals surface area (Å²) in [6, 6.07) is 3.08. The van der Waals surface area contributed by atoms with Crippen molar-refractivity contribution >= 4 is 33.5 Å². The first-order valence-electron chi connectivity index (χ1n) is 14.2. The Morgan fingerprint density at radius 1 is 1.24 bits per heavy atom. The molecule has 2 aliphatic carbocycles. The van der Waals surface area contributed by atoms with Crippen molar-refractivity contribution in [2.45, 2.75) is 44.1 Å². The number of nitrogens with zero attached hydrogens (tertiary/aromatic N) is 5. The lowest BCUT2D eigenvalue weighted by atomic mass is 9.77. The number of halogens is 1. The Labute approximate surface area is 236 Å². The third-order valence-electron chi connectivity index (χ3n) is 8.66. The van der Waals surface area contributed by atoms with E-state index < -0.39 is 11.4 Å². The molecule has 0 atom stereocenters. The highest BCUT2D eigenvalue weighted by Gasteiger charge is 2.45. The number of pyridine rings is 2. The number of imidazole rings is 1. The molecule has 1 aromatic carbocycles. The molecule has 4 aromatic rings. The second-order valence-corrected chi connectivity index (χ2v) is 11.8. The third-order valence-corrected chi connectivity index (χ3v) is 8.66. The molecule has 0 unspecified atom stereocenters. The number of nitrogens with one attached hydrogen (secondary N) is 1. The van der Waals surface area contributed by atoms with Crippen LogP contribution in [0.5, 0.6) is 11.6 Å². The number of hydrogen-bond acceptors (Lipinski definition) is 7. The van der Waals surface area contributed by atoms with Crippen molar-refractivity contribution in [1.29, 1.82) is 0 Å². The maximum absolute atomic E-state index is 16.0. The van der Waals surface area contributed by atoms with Crippen molar-refractivity contribution < 1.29 is 18.7 Å². The number of ether oxygens (including phenoxy) is 2. The first kappa shape index (κ1) is 25.9. The number of anilines is 1. The standard InChI is InChI=1S/C30H33FN6O4/c1-35(2)10-5-11-40-28-21(34-27(38)17-6-7-17)12-18(14-33-28)23-19(31)13-20-24-25-22(15-32-20)36(3)29(39)37(25)30(8-4-9-30)16-41-26(23)24/h12-15,17H,4-11,16H2,1-3H3,(H,34,38). The van der Waals surface area contributed by atoms with Gasteiger partial charge >= 0.3 is 5.69 Å². The average molecular weight is 561 g/mol. The summed E-state index contributed by atoms with van der Waals surface area (Å²) in [5.41, 5.74) is 2.26. The van der Waals surface area contributed by atoms with Gasteiger partial charge in [-0.05, 0) is 58.7 Å². The van der Waals surface area contributed by atoms with Crippen molar-refractivity contribution in [1.82, 2.24) is 24.0 Å². The van der Waals surface area contributed by atoms with Crippen LogP contribution >= 0.6 is 0 Å². The molecule has 1 N–H and O–H groups in total. The number of fused-ring (bicyclic) bond motifs is 1. The van der Waals surface area contributed by atoms with Gasteiger partial charge in [0.1, 0.15) is 23.9 Å². The molecule has 11 heteroatoms. The first-order chi connectivity index (χ1) is 19.8. The zero-order valence-electron chi connectivity index (χ0n) is 23.5. The minimum absolute atomic E-state index is 0.0292. The predicted octanol–water partition coefficient (Wildman–Crippen LogP) is 4.04. The van der Waals surface area contributed by atoms with Crippen molar-refractivity contribution in [2.24, 2.45) is 13.0 Å². The molecule has 1 spiro atoms. The fourth-order valence-electron chi connectivity index (χ4n) is 6.09. The van der Waals surface area contributed by atoms with E-state index in [1.807, 2.05) is 18.7 Å². The summed E-state index contributed by atoms with van der Waals surface area (Å²) < 4.78 is 31.8. The number of aryl methyl sites for hydroxylation is 1. The Morgan fingerprint density at radius 2 is 2.05 bits per heavy atom. The van der Waals surface area contributed by atoms with Crippen LogP contribution < -0.4 is 20.5 Å². The number of rotatable bonds is 8. The summed E-state index contributed by atoms with van der Waals surface area (Å²) in [6.45, 7) is 1.52. The van der Waals surface area contributed by atoms with Gasteiger partial charge in [0, 0.05) is 37.3 Å². The SMILES string of the molecule is CN(C)CCCOc1ncc(-c2c(F)cc3ncc4c5c3c2OCC2(CCC2)n5c(=O)n4C)cc1NC(=O)C1CC1. The van der Waals surface area contributed by atoms with Crippen LogP contribution in [0, 0.1) is 11.7 Å². The van der Waals surface area contributed by atoms with Gasteiger partial charge < -0.3 is 19.7 Å². The molecule has 0 bridgehead atoms. The molecule has 0 saturated heterocycles. The van der Waals surface area contributed by atoms with Gasteiger partial charge in [0.25, 0.3) is 0 Å². The third kappa shape index (κ3) is 4.16. The van der Waals surface area contributed by atoms with Crippen molar-refractivity contribution in [3.05, 3.63) is 40.8 Å². The molecule has 3 aromatic heterocycles. The summed E-state index contributed by atoms with van der Waals surface area (Å²) in [5, 5.41) is 3.57. The van der Waals surface area contributed by atoms with Crippen LogP contribution in [0.15, 0.2) is 29.3 Å². The van der Waals surface area contributed by atoms with E-state index in [-0.39, 0.29) is 29.7 Å². The number of amides is 1. The number of carbonyl (C=O) groups excluding carboxylic acids is 1. The molecular weight excluding hydrogens is 527 g/mol. The van der Waals surface area contributed by atoms with E-state index in [2.05, 4.69) is 20.2 Å². The van der Waals surface area contributed by atoms with Crippen LogP contribution in [0.2, 0.25) is 0 Å². The average Bonchev–Trinajstić information content (AvgIpc) is 3.75. The molecular formula is C30H33FN6O4. The van der Waals surface area contributed by atoms with Crippen LogP contribution in [0.4, 0.5) is 10.1 Å². The summed E-state index contributed by atoms with van der Waals surface area (Å²) >= 11 is 0. The number of hydrogen-bond donors (Lipinski definition) is 1. The molecule has 1 aliphatic heterocycles. The molecule has 2 saturated carbocycles. The minimum atomic E-state index is -0.519. The van der Waals surface area contributed by atoms with Crippen molar-refractivity contribution in [2.75, 3.05) is 39.2 Å². The Morgan fingerprint density at radius 3 is 2.76 bits per heavy atom. The lowest BCUT2D eigenvalue weighted by Crippen LogP contribution is -2.50. The van der Waals surface area contributed by atoms with Crippen molar-refractivity contribution in [3.8, 4) is 22.8 Å². The van der Waals surface area contributed by atoms with E-state index in [1.54, 1.807) is 30.1 Å². The molecule has 7 rings (SSSR count).